The molecule has 1 unspecified atom stereocenters. The molecule has 0 aromatic heterocycles. The number of amides is 1. The summed E-state index contributed by atoms with van der Waals surface area (Å²) < 4.78 is 0.951. The molecule has 0 saturated carbocycles. The van der Waals surface area contributed by atoms with Gasteiger partial charge in [-0.1, -0.05) is 28.1 Å². The van der Waals surface area contributed by atoms with Crippen LogP contribution in [-0.4, -0.2) is 11.7 Å². The molecule has 3 nitrogen and oxygen atoms in total. The van der Waals surface area contributed by atoms with Crippen LogP contribution in [0.4, 0.5) is 0 Å². The van der Waals surface area contributed by atoms with Crippen LogP contribution in [0.25, 0.3) is 0 Å². The first-order valence-electron chi connectivity index (χ1n) is 4.63. The predicted octanol–water partition coefficient (Wildman–Crippen LogP) is 1.75. The van der Waals surface area contributed by atoms with E-state index in [1.54, 1.807) is 6.92 Å². The van der Waals surface area contributed by atoms with Crippen molar-refractivity contribution in [2.24, 2.45) is 0 Å². The Morgan fingerprint density at radius 3 is 2.33 bits per heavy atom. The number of nitrogens with one attached hydrogen (secondary N) is 1. The predicted molar refractivity (Wildman–Crippen MR) is 59.3 cm³/mol. The van der Waals surface area contributed by atoms with Crippen molar-refractivity contribution in [3.05, 3.63) is 34.3 Å². The molecule has 1 aliphatic heterocycles. The van der Waals surface area contributed by atoms with E-state index in [2.05, 4.69) is 21.2 Å². The second kappa shape index (κ2) is 3.45. The summed E-state index contributed by atoms with van der Waals surface area (Å²) in [5.41, 5.74) is -0.0285. The summed E-state index contributed by atoms with van der Waals surface area (Å²) in [5.74, 6) is -0.278. The summed E-state index contributed by atoms with van der Waals surface area (Å²) in [7, 11) is 0. The average molecular weight is 268 g/mol. The van der Waals surface area contributed by atoms with E-state index in [0.717, 1.165) is 10.0 Å². The normalized spacial score (nSPS) is 25.5. The van der Waals surface area contributed by atoms with Crippen molar-refractivity contribution in [2.45, 2.75) is 18.9 Å². The Morgan fingerprint density at radius 1 is 1.27 bits per heavy atom. The molecule has 1 amide bonds. The minimum Gasteiger partial charge on any atom is -0.339 e. The number of rotatable bonds is 1. The van der Waals surface area contributed by atoms with Gasteiger partial charge < -0.3 is 5.32 Å². The fourth-order valence-electron chi connectivity index (χ4n) is 1.73. The maximum Gasteiger partial charge on any atom is 0.228 e. The number of hydrogen-bond acceptors (Lipinski definition) is 2. The molecule has 78 valence electrons. The molecule has 1 heterocycles. The smallest absolute Gasteiger partial charge is 0.228 e. The molecule has 1 aromatic rings. The first kappa shape index (κ1) is 10.4. The van der Waals surface area contributed by atoms with Gasteiger partial charge in [0.1, 0.15) is 5.54 Å². The molecule has 0 spiro atoms. The average Bonchev–Trinajstić information content (AvgIpc) is 2.42. The van der Waals surface area contributed by atoms with Gasteiger partial charge in [0.2, 0.25) is 5.91 Å². The molecule has 15 heavy (non-hydrogen) atoms. The highest BCUT2D eigenvalue weighted by molar-refractivity contribution is 9.10. The Bertz CT molecular complexity index is 427. The number of hydrogen-bond donors (Lipinski definition) is 1. The molecule has 1 saturated heterocycles. The molecule has 1 N–H and O–H groups in total. The Balaban J connectivity index is 2.41. The molecule has 1 aliphatic rings. The van der Waals surface area contributed by atoms with E-state index < -0.39 is 5.54 Å². The van der Waals surface area contributed by atoms with Crippen LogP contribution in [0.5, 0.6) is 0 Å². The number of carbonyl (C=O) groups is 2. The summed E-state index contributed by atoms with van der Waals surface area (Å²) in [6.07, 6.45) is -0.0213. The highest BCUT2D eigenvalue weighted by Crippen LogP contribution is 2.28. The quantitative estimate of drug-likeness (QED) is 0.789. The zero-order valence-corrected chi connectivity index (χ0v) is 9.80. The number of carbonyl (C=O) groups excluding carboxylic acids is 2. The lowest BCUT2D eigenvalue weighted by Crippen LogP contribution is -2.40. The molecular weight excluding hydrogens is 258 g/mol. The van der Waals surface area contributed by atoms with Crippen LogP contribution in [0, 0.1) is 0 Å². The van der Waals surface area contributed by atoms with Gasteiger partial charge in [0.15, 0.2) is 5.78 Å². The van der Waals surface area contributed by atoms with Gasteiger partial charge in [0, 0.05) is 4.47 Å². The zero-order valence-electron chi connectivity index (χ0n) is 8.21. The van der Waals surface area contributed by atoms with Gasteiger partial charge in [-0.2, -0.15) is 0 Å². The number of Topliss-reactive ketones (excluding diaryl/α,β-unsaturated/α-hetero) is 1. The van der Waals surface area contributed by atoms with E-state index in [1.165, 1.54) is 0 Å². The summed E-state index contributed by atoms with van der Waals surface area (Å²) in [6.45, 7) is 1.74. The zero-order chi connectivity index (χ0) is 11.1. The first-order valence-corrected chi connectivity index (χ1v) is 5.42. The van der Waals surface area contributed by atoms with Gasteiger partial charge in [0.25, 0.3) is 0 Å². The lowest BCUT2D eigenvalue weighted by molar-refractivity contribution is -0.123. The van der Waals surface area contributed by atoms with E-state index in [0.29, 0.717) is 0 Å². The van der Waals surface area contributed by atoms with Crippen LogP contribution in [0.3, 0.4) is 0 Å². The Morgan fingerprint density at radius 2 is 1.87 bits per heavy atom. The van der Waals surface area contributed by atoms with Crippen molar-refractivity contribution in [3.8, 4) is 0 Å². The van der Waals surface area contributed by atoms with E-state index in [4.69, 9.17) is 0 Å². The number of halogens is 1. The molecular formula is C11H10BrNO2. The third-order valence-corrected chi connectivity index (χ3v) is 3.22. The van der Waals surface area contributed by atoms with Crippen LogP contribution in [-0.2, 0) is 15.1 Å². The van der Waals surface area contributed by atoms with Crippen molar-refractivity contribution < 1.29 is 9.59 Å². The van der Waals surface area contributed by atoms with E-state index in [9.17, 15) is 9.59 Å². The lowest BCUT2D eigenvalue weighted by atomic mass is 9.90. The maximum absolute atomic E-state index is 11.7. The second-order valence-corrected chi connectivity index (χ2v) is 4.70. The van der Waals surface area contributed by atoms with Crippen molar-refractivity contribution in [1.29, 1.82) is 0 Å². The highest BCUT2D eigenvalue weighted by Gasteiger charge is 2.42. The van der Waals surface area contributed by atoms with Crippen molar-refractivity contribution in [2.75, 3.05) is 0 Å². The minimum atomic E-state index is -0.849. The fraction of sp³-hybridized carbons (Fsp3) is 0.273. The molecule has 0 radical (unpaired) electrons. The molecule has 1 aromatic carbocycles. The highest BCUT2D eigenvalue weighted by atomic mass is 79.9. The third kappa shape index (κ3) is 1.69. The van der Waals surface area contributed by atoms with E-state index in [1.807, 2.05) is 24.3 Å². The van der Waals surface area contributed by atoms with Gasteiger partial charge >= 0.3 is 0 Å². The topological polar surface area (TPSA) is 46.2 Å². The molecule has 4 heteroatoms. The summed E-state index contributed by atoms with van der Waals surface area (Å²) in [6, 6.07) is 7.40. The SMILES string of the molecule is CC1(c2ccc(Br)cc2)NC(=O)CC1=O. The number of ketones is 1. The summed E-state index contributed by atoms with van der Waals surface area (Å²) >= 11 is 3.33. The van der Waals surface area contributed by atoms with Crippen LogP contribution in [0.2, 0.25) is 0 Å². The van der Waals surface area contributed by atoms with Crippen molar-refractivity contribution in [3.63, 3.8) is 0 Å². The van der Waals surface area contributed by atoms with Crippen LogP contribution >= 0.6 is 15.9 Å². The van der Waals surface area contributed by atoms with Gasteiger partial charge in [-0.25, -0.2) is 0 Å². The molecule has 1 atom stereocenters. The molecule has 1 fully saturated rings. The number of benzene rings is 1. The standard InChI is InChI=1S/C11H10BrNO2/c1-11(9(14)6-10(15)13-11)7-2-4-8(12)5-3-7/h2-5H,6H2,1H3,(H,13,15). The second-order valence-electron chi connectivity index (χ2n) is 3.78. The summed E-state index contributed by atoms with van der Waals surface area (Å²) in [5, 5.41) is 2.71. The van der Waals surface area contributed by atoms with Crippen molar-refractivity contribution >= 4 is 27.6 Å². The molecule has 2 rings (SSSR count). The van der Waals surface area contributed by atoms with Crippen molar-refractivity contribution in [1.82, 2.24) is 5.32 Å². The van der Waals surface area contributed by atoms with Crippen LogP contribution in [0.15, 0.2) is 28.7 Å². The van der Waals surface area contributed by atoms with Crippen LogP contribution in [0.1, 0.15) is 18.9 Å². The molecule has 0 bridgehead atoms. The maximum atomic E-state index is 11.7. The van der Waals surface area contributed by atoms with Crippen LogP contribution < -0.4 is 5.32 Å². The third-order valence-electron chi connectivity index (χ3n) is 2.69. The fourth-order valence-corrected chi connectivity index (χ4v) is 2.00. The first-order chi connectivity index (χ1) is 7.02. The van der Waals surface area contributed by atoms with E-state index >= 15 is 0 Å². The minimum absolute atomic E-state index is 0.0213. The molecule has 0 aliphatic carbocycles. The van der Waals surface area contributed by atoms with Gasteiger partial charge in [-0.05, 0) is 24.6 Å². The Hall–Kier alpha value is -1.16. The Labute approximate surface area is 96.0 Å². The summed E-state index contributed by atoms with van der Waals surface area (Å²) in [4.78, 5) is 22.9. The van der Waals surface area contributed by atoms with E-state index in [-0.39, 0.29) is 18.1 Å². The lowest BCUT2D eigenvalue weighted by Gasteiger charge is -2.22. The van der Waals surface area contributed by atoms with Gasteiger partial charge in [-0.15, -0.1) is 0 Å². The van der Waals surface area contributed by atoms with Gasteiger partial charge in [0.05, 0.1) is 6.42 Å². The monoisotopic (exact) mass is 267 g/mol. The van der Waals surface area contributed by atoms with Gasteiger partial charge in [-0.3, -0.25) is 9.59 Å². The Kier molecular flexibility index (Phi) is 2.38. The largest absolute Gasteiger partial charge is 0.339 e.